The van der Waals surface area contributed by atoms with E-state index in [0.29, 0.717) is 34.7 Å². The number of rotatable bonds is 7. The van der Waals surface area contributed by atoms with Gasteiger partial charge in [0, 0.05) is 22.6 Å². The Hall–Kier alpha value is -3.00. The van der Waals surface area contributed by atoms with Crippen molar-refractivity contribution >= 4 is 34.7 Å². The molecular weight excluding hydrogens is 417 g/mol. The lowest BCUT2D eigenvalue weighted by molar-refractivity contribution is -0.137. The number of benzene rings is 2. The average molecular weight is 437 g/mol. The Morgan fingerprint density at radius 1 is 1.03 bits per heavy atom. The van der Waals surface area contributed by atoms with E-state index in [-0.39, 0.29) is 11.8 Å². The van der Waals surface area contributed by atoms with Crippen molar-refractivity contribution in [3.8, 4) is 5.75 Å². The second-order valence-corrected chi connectivity index (χ2v) is 7.38. The monoisotopic (exact) mass is 436 g/mol. The van der Waals surface area contributed by atoms with Crippen LogP contribution >= 0.6 is 11.6 Å². The number of alkyl halides is 3. The number of hydrogen-bond acceptors (Lipinski definition) is 5. The summed E-state index contributed by atoms with van der Waals surface area (Å²) in [6.45, 7) is 4.69. The smallest absolute Gasteiger partial charge is 0.421 e. The third-order valence-corrected chi connectivity index (χ3v) is 4.11. The molecule has 1 aromatic heterocycles. The first-order chi connectivity index (χ1) is 14.2. The molecule has 0 aliphatic carbocycles. The van der Waals surface area contributed by atoms with E-state index in [9.17, 15) is 13.2 Å². The summed E-state index contributed by atoms with van der Waals surface area (Å²) < 4.78 is 45.8. The Balaban J connectivity index is 1.82. The maximum atomic E-state index is 13.4. The van der Waals surface area contributed by atoms with Crippen molar-refractivity contribution in [3.05, 3.63) is 65.3 Å². The van der Waals surface area contributed by atoms with Crippen LogP contribution in [0.1, 0.15) is 19.4 Å². The molecule has 5 nitrogen and oxygen atoms in total. The summed E-state index contributed by atoms with van der Waals surface area (Å²) in [6.07, 6.45) is -3.88. The van der Waals surface area contributed by atoms with Gasteiger partial charge in [0.15, 0.2) is 0 Å². The average Bonchev–Trinajstić information content (AvgIpc) is 2.67. The zero-order valence-electron chi connectivity index (χ0n) is 16.3. The number of nitrogens with one attached hydrogen (secondary N) is 2. The van der Waals surface area contributed by atoms with Gasteiger partial charge in [0.2, 0.25) is 5.95 Å². The Labute approximate surface area is 177 Å². The molecule has 158 valence electrons. The van der Waals surface area contributed by atoms with E-state index in [4.69, 9.17) is 16.3 Å². The standard InChI is InChI=1S/C21H20ClF3N4O/c1-13(2)12-30-17-8-6-15(7-9-17)28-20-26-11-18(21(23,24)25)19(29-20)27-16-5-3-4-14(22)10-16/h3-11,13H,12H2,1-2H3,(H2,26,27,28,29). The van der Waals surface area contributed by atoms with Gasteiger partial charge in [-0.15, -0.1) is 0 Å². The van der Waals surface area contributed by atoms with Gasteiger partial charge >= 0.3 is 6.18 Å². The topological polar surface area (TPSA) is 59.1 Å². The Morgan fingerprint density at radius 3 is 2.40 bits per heavy atom. The van der Waals surface area contributed by atoms with Crippen LogP contribution in [-0.2, 0) is 6.18 Å². The molecule has 0 aliphatic heterocycles. The van der Waals surface area contributed by atoms with Gasteiger partial charge in [-0.25, -0.2) is 4.98 Å². The molecule has 0 bridgehead atoms. The lowest BCUT2D eigenvalue weighted by Gasteiger charge is -2.15. The molecule has 2 aromatic carbocycles. The van der Waals surface area contributed by atoms with Gasteiger partial charge in [0.25, 0.3) is 0 Å². The normalized spacial score (nSPS) is 11.4. The van der Waals surface area contributed by atoms with Crippen LogP contribution in [0.25, 0.3) is 0 Å². The van der Waals surface area contributed by atoms with Gasteiger partial charge in [0.1, 0.15) is 17.1 Å². The molecule has 2 N–H and O–H groups in total. The zero-order chi connectivity index (χ0) is 21.7. The van der Waals surface area contributed by atoms with Crippen molar-refractivity contribution in [2.75, 3.05) is 17.2 Å². The molecule has 1 heterocycles. The van der Waals surface area contributed by atoms with E-state index < -0.39 is 11.7 Å². The van der Waals surface area contributed by atoms with Crippen LogP contribution in [0.4, 0.5) is 36.3 Å². The minimum Gasteiger partial charge on any atom is -0.493 e. The first kappa shape index (κ1) is 21.7. The van der Waals surface area contributed by atoms with E-state index in [1.807, 2.05) is 13.8 Å². The number of hydrogen-bond donors (Lipinski definition) is 2. The number of nitrogens with zero attached hydrogens (tertiary/aromatic N) is 2. The van der Waals surface area contributed by atoms with E-state index in [1.54, 1.807) is 42.5 Å². The van der Waals surface area contributed by atoms with Crippen molar-refractivity contribution < 1.29 is 17.9 Å². The van der Waals surface area contributed by atoms with Crippen molar-refractivity contribution in [2.45, 2.75) is 20.0 Å². The summed E-state index contributed by atoms with van der Waals surface area (Å²) in [5.74, 6) is 0.738. The zero-order valence-corrected chi connectivity index (χ0v) is 17.1. The van der Waals surface area contributed by atoms with Crippen LogP contribution in [0.15, 0.2) is 54.7 Å². The third kappa shape index (κ3) is 6.00. The van der Waals surface area contributed by atoms with Crippen molar-refractivity contribution in [1.29, 1.82) is 0 Å². The van der Waals surface area contributed by atoms with E-state index in [0.717, 1.165) is 6.20 Å². The van der Waals surface area contributed by atoms with E-state index >= 15 is 0 Å². The molecule has 0 unspecified atom stereocenters. The van der Waals surface area contributed by atoms with Crippen LogP contribution in [0.3, 0.4) is 0 Å². The van der Waals surface area contributed by atoms with Crippen molar-refractivity contribution in [1.82, 2.24) is 9.97 Å². The lowest BCUT2D eigenvalue weighted by Crippen LogP contribution is -2.12. The minimum absolute atomic E-state index is 0.0170. The minimum atomic E-state index is -4.62. The van der Waals surface area contributed by atoms with Gasteiger partial charge in [-0.2, -0.15) is 18.2 Å². The van der Waals surface area contributed by atoms with Crippen LogP contribution in [0.2, 0.25) is 5.02 Å². The molecule has 0 amide bonds. The maximum absolute atomic E-state index is 13.4. The lowest BCUT2D eigenvalue weighted by atomic mass is 10.2. The van der Waals surface area contributed by atoms with E-state index in [2.05, 4.69) is 20.6 Å². The highest BCUT2D eigenvalue weighted by Crippen LogP contribution is 2.35. The highest BCUT2D eigenvalue weighted by atomic mass is 35.5. The number of aromatic nitrogens is 2. The predicted molar refractivity (Wildman–Crippen MR) is 112 cm³/mol. The summed E-state index contributed by atoms with van der Waals surface area (Å²) in [5.41, 5.74) is 0.00937. The molecule has 9 heteroatoms. The summed E-state index contributed by atoms with van der Waals surface area (Å²) in [4.78, 5) is 7.82. The summed E-state index contributed by atoms with van der Waals surface area (Å²) in [6, 6.07) is 13.4. The number of halogens is 4. The highest BCUT2D eigenvalue weighted by Gasteiger charge is 2.35. The largest absolute Gasteiger partial charge is 0.493 e. The molecule has 0 aliphatic rings. The van der Waals surface area contributed by atoms with Gasteiger partial charge in [-0.3, -0.25) is 0 Å². The molecular formula is C21H20ClF3N4O. The van der Waals surface area contributed by atoms with Crippen LogP contribution in [-0.4, -0.2) is 16.6 Å². The molecule has 3 aromatic rings. The Bertz CT molecular complexity index is 994. The third-order valence-electron chi connectivity index (χ3n) is 3.88. The Kier molecular flexibility index (Phi) is 6.66. The second kappa shape index (κ2) is 9.21. The molecule has 0 saturated carbocycles. The number of anilines is 4. The van der Waals surface area contributed by atoms with Gasteiger partial charge in [-0.05, 0) is 48.4 Å². The molecule has 0 atom stereocenters. The molecule has 0 saturated heterocycles. The van der Waals surface area contributed by atoms with Crippen LogP contribution in [0.5, 0.6) is 5.75 Å². The predicted octanol–water partition coefficient (Wildman–Crippen LogP) is 6.67. The van der Waals surface area contributed by atoms with Gasteiger partial charge in [-0.1, -0.05) is 31.5 Å². The fraction of sp³-hybridized carbons (Fsp3) is 0.238. The molecule has 30 heavy (non-hydrogen) atoms. The molecule has 0 spiro atoms. The van der Waals surface area contributed by atoms with Crippen LogP contribution in [0, 0.1) is 5.92 Å². The van der Waals surface area contributed by atoms with Crippen molar-refractivity contribution in [3.63, 3.8) is 0 Å². The summed E-state index contributed by atoms with van der Waals surface area (Å²) >= 11 is 5.91. The van der Waals surface area contributed by atoms with Crippen LogP contribution < -0.4 is 15.4 Å². The van der Waals surface area contributed by atoms with Gasteiger partial charge < -0.3 is 15.4 Å². The fourth-order valence-corrected chi connectivity index (χ4v) is 2.66. The highest BCUT2D eigenvalue weighted by molar-refractivity contribution is 6.30. The maximum Gasteiger partial charge on any atom is 0.421 e. The number of ether oxygens (including phenoxy) is 1. The fourth-order valence-electron chi connectivity index (χ4n) is 2.47. The quantitative estimate of drug-likeness (QED) is 0.433. The second-order valence-electron chi connectivity index (χ2n) is 6.94. The Morgan fingerprint density at radius 2 is 1.77 bits per heavy atom. The first-order valence-corrected chi connectivity index (χ1v) is 9.55. The molecule has 0 fully saturated rings. The molecule has 3 rings (SSSR count). The summed E-state index contributed by atoms with van der Waals surface area (Å²) in [5, 5.41) is 5.96. The van der Waals surface area contributed by atoms with Crippen molar-refractivity contribution in [2.24, 2.45) is 5.92 Å². The van der Waals surface area contributed by atoms with Gasteiger partial charge in [0.05, 0.1) is 6.61 Å². The SMILES string of the molecule is CC(C)COc1ccc(Nc2ncc(C(F)(F)F)c(Nc3cccc(Cl)c3)n2)cc1. The van der Waals surface area contributed by atoms with E-state index in [1.165, 1.54) is 6.07 Å². The first-order valence-electron chi connectivity index (χ1n) is 9.17. The summed E-state index contributed by atoms with van der Waals surface area (Å²) in [7, 11) is 0. The molecule has 0 radical (unpaired) electrons.